The predicted molar refractivity (Wildman–Crippen MR) is 76.4 cm³/mol. The number of aromatic carboxylic acids is 1. The van der Waals surface area contributed by atoms with Gasteiger partial charge in [-0.05, 0) is 23.8 Å². The van der Waals surface area contributed by atoms with E-state index in [0.29, 0.717) is 25.2 Å². The van der Waals surface area contributed by atoms with E-state index in [1.807, 2.05) is 24.3 Å². The Morgan fingerprint density at radius 3 is 2.70 bits per heavy atom. The van der Waals surface area contributed by atoms with Crippen LogP contribution in [0.4, 0.5) is 0 Å². The number of rotatable bonds is 7. The van der Waals surface area contributed by atoms with Crippen LogP contribution < -0.4 is 0 Å². The fourth-order valence-electron chi connectivity index (χ4n) is 2.10. The molecule has 4 nitrogen and oxygen atoms in total. The van der Waals surface area contributed by atoms with Crippen LogP contribution in [0.2, 0.25) is 0 Å². The molecule has 0 spiro atoms. The molecular formula is C16H17NO3. The summed E-state index contributed by atoms with van der Waals surface area (Å²) < 4.78 is 5.33. The zero-order valence-electron chi connectivity index (χ0n) is 11.2. The third kappa shape index (κ3) is 3.59. The maximum Gasteiger partial charge on any atom is 0.336 e. The van der Waals surface area contributed by atoms with Crippen LogP contribution in [0.1, 0.15) is 21.7 Å². The van der Waals surface area contributed by atoms with E-state index in [0.717, 1.165) is 11.3 Å². The highest BCUT2D eigenvalue weighted by Crippen LogP contribution is 2.14. The third-order valence-corrected chi connectivity index (χ3v) is 2.99. The molecule has 0 fully saturated rings. The number of carbonyl (C=O) groups is 1. The van der Waals surface area contributed by atoms with Crippen molar-refractivity contribution >= 4 is 5.97 Å². The summed E-state index contributed by atoms with van der Waals surface area (Å²) in [7, 11) is 0. The number of carboxylic acids is 1. The van der Waals surface area contributed by atoms with Crippen LogP contribution in [0.3, 0.4) is 0 Å². The fraction of sp³-hybridized carbons (Fsp3) is 0.188. The van der Waals surface area contributed by atoms with E-state index in [1.165, 1.54) is 0 Å². The lowest BCUT2D eigenvalue weighted by molar-refractivity contribution is 0.0694. The highest BCUT2D eigenvalue weighted by Gasteiger charge is 2.13. The molecule has 20 heavy (non-hydrogen) atoms. The van der Waals surface area contributed by atoms with Crippen molar-refractivity contribution in [3.63, 3.8) is 0 Å². The lowest BCUT2D eigenvalue weighted by Crippen LogP contribution is -2.23. The number of carboxylic acid groups (broad SMARTS) is 1. The van der Waals surface area contributed by atoms with Crippen LogP contribution in [0.5, 0.6) is 0 Å². The Bertz CT molecular complexity index is 575. The van der Waals surface area contributed by atoms with Crippen LogP contribution in [-0.4, -0.2) is 22.5 Å². The maximum absolute atomic E-state index is 11.2. The van der Waals surface area contributed by atoms with E-state index in [1.54, 1.807) is 24.5 Å². The molecule has 0 amide bonds. The monoisotopic (exact) mass is 271 g/mol. The van der Waals surface area contributed by atoms with Gasteiger partial charge in [-0.1, -0.05) is 24.3 Å². The molecule has 1 heterocycles. The van der Waals surface area contributed by atoms with E-state index < -0.39 is 5.97 Å². The van der Waals surface area contributed by atoms with Crippen LogP contribution >= 0.6 is 0 Å². The van der Waals surface area contributed by atoms with Crippen molar-refractivity contribution < 1.29 is 14.3 Å². The fourth-order valence-corrected chi connectivity index (χ4v) is 2.10. The summed E-state index contributed by atoms with van der Waals surface area (Å²) in [5.41, 5.74) is 1.12. The number of hydrogen-bond donors (Lipinski definition) is 1. The standard InChI is InChI=1S/C16H17NO3/c1-2-9-17(12-14-7-5-10-20-14)11-13-6-3-4-8-15(13)16(18)19/h2-8,10H,1,9,11-12H2,(H,18,19). The molecule has 4 heteroatoms. The maximum atomic E-state index is 11.2. The lowest BCUT2D eigenvalue weighted by Gasteiger charge is -2.20. The Kier molecular flexibility index (Phi) is 4.74. The first-order valence-electron chi connectivity index (χ1n) is 6.37. The van der Waals surface area contributed by atoms with Crippen molar-refractivity contribution in [1.82, 2.24) is 4.90 Å². The van der Waals surface area contributed by atoms with Gasteiger partial charge >= 0.3 is 5.97 Å². The average Bonchev–Trinajstić information content (AvgIpc) is 2.92. The molecule has 2 aromatic rings. The van der Waals surface area contributed by atoms with Gasteiger partial charge in [0.25, 0.3) is 0 Å². The largest absolute Gasteiger partial charge is 0.478 e. The molecule has 0 aliphatic heterocycles. The normalized spacial score (nSPS) is 10.7. The van der Waals surface area contributed by atoms with Gasteiger partial charge in [-0.15, -0.1) is 6.58 Å². The van der Waals surface area contributed by atoms with Crippen molar-refractivity contribution in [2.24, 2.45) is 0 Å². The summed E-state index contributed by atoms with van der Waals surface area (Å²) in [5.74, 6) is -0.0585. The molecule has 0 bridgehead atoms. The molecule has 1 aromatic heterocycles. The molecule has 0 unspecified atom stereocenters. The molecule has 1 N–H and O–H groups in total. The highest BCUT2D eigenvalue weighted by molar-refractivity contribution is 5.89. The molecule has 0 radical (unpaired) electrons. The number of nitrogens with zero attached hydrogens (tertiary/aromatic N) is 1. The van der Waals surface area contributed by atoms with Crippen LogP contribution in [0, 0.1) is 0 Å². The summed E-state index contributed by atoms with van der Waals surface area (Å²) in [6, 6.07) is 10.8. The molecule has 1 aromatic carbocycles. The molecule has 104 valence electrons. The van der Waals surface area contributed by atoms with E-state index in [2.05, 4.69) is 11.5 Å². The summed E-state index contributed by atoms with van der Waals surface area (Å²) in [6.45, 7) is 5.56. The molecular weight excluding hydrogens is 254 g/mol. The summed E-state index contributed by atoms with van der Waals surface area (Å²) in [4.78, 5) is 13.3. The van der Waals surface area contributed by atoms with Crippen molar-refractivity contribution in [3.05, 3.63) is 72.2 Å². The predicted octanol–water partition coefficient (Wildman–Crippen LogP) is 3.17. The second-order valence-corrected chi connectivity index (χ2v) is 4.50. The number of furan rings is 1. The van der Waals surface area contributed by atoms with Crippen molar-refractivity contribution in [2.45, 2.75) is 13.1 Å². The van der Waals surface area contributed by atoms with Gasteiger partial charge < -0.3 is 9.52 Å². The molecule has 0 aliphatic rings. The van der Waals surface area contributed by atoms with Crippen molar-refractivity contribution in [3.8, 4) is 0 Å². The third-order valence-electron chi connectivity index (χ3n) is 2.99. The first kappa shape index (κ1) is 14.1. The lowest BCUT2D eigenvalue weighted by atomic mass is 10.1. The van der Waals surface area contributed by atoms with Crippen LogP contribution in [0.25, 0.3) is 0 Å². The summed E-state index contributed by atoms with van der Waals surface area (Å²) in [5, 5.41) is 9.21. The summed E-state index contributed by atoms with van der Waals surface area (Å²) in [6.07, 6.45) is 3.43. The minimum atomic E-state index is -0.905. The quantitative estimate of drug-likeness (QED) is 0.786. The summed E-state index contributed by atoms with van der Waals surface area (Å²) >= 11 is 0. The molecule has 2 rings (SSSR count). The van der Waals surface area contributed by atoms with Crippen molar-refractivity contribution in [2.75, 3.05) is 6.54 Å². The van der Waals surface area contributed by atoms with E-state index in [9.17, 15) is 9.90 Å². The van der Waals surface area contributed by atoms with Crippen LogP contribution in [0.15, 0.2) is 59.7 Å². The Balaban J connectivity index is 2.15. The molecule has 0 saturated carbocycles. The minimum absolute atomic E-state index is 0.334. The SMILES string of the molecule is C=CCN(Cc1ccco1)Cc1ccccc1C(=O)O. The molecule has 0 aliphatic carbocycles. The highest BCUT2D eigenvalue weighted by atomic mass is 16.4. The number of benzene rings is 1. The van der Waals surface area contributed by atoms with Crippen molar-refractivity contribution in [1.29, 1.82) is 0 Å². The molecule has 0 saturated heterocycles. The van der Waals surface area contributed by atoms with Gasteiger partial charge in [0.2, 0.25) is 0 Å². The second-order valence-electron chi connectivity index (χ2n) is 4.50. The Morgan fingerprint density at radius 2 is 2.05 bits per heavy atom. The first-order chi connectivity index (χ1) is 9.70. The Hall–Kier alpha value is -2.33. The topological polar surface area (TPSA) is 53.7 Å². The molecule has 0 atom stereocenters. The minimum Gasteiger partial charge on any atom is -0.478 e. The zero-order chi connectivity index (χ0) is 14.4. The number of hydrogen-bond acceptors (Lipinski definition) is 3. The van der Waals surface area contributed by atoms with Gasteiger partial charge in [0, 0.05) is 13.1 Å². The van der Waals surface area contributed by atoms with Gasteiger partial charge in [0.1, 0.15) is 5.76 Å². The van der Waals surface area contributed by atoms with E-state index in [4.69, 9.17) is 4.42 Å². The van der Waals surface area contributed by atoms with Gasteiger partial charge in [0.15, 0.2) is 0 Å². The van der Waals surface area contributed by atoms with Gasteiger partial charge in [-0.2, -0.15) is 0 Å². The van der Waals surface area contributed by atoms with Crippen LogP contribution in [-0.2, 0) is 13.1 Å². The zero-order valence-corrected chi connectivity index (χ0v) is 11.2. The average molecular weight is 271 g/mol. The Morgan fingerprint density at radius 1 is 1.25 bits per heavy atom. The Labute approximate surface area is 117 Å². The van der Waals surface area contributed by atoms with Gasteiger partial charge in [-0.25, -0.2) is 4.79 Å². The second kappa shape index (κ2) is 6.73. The van der Waals surface area contributed by atoms with E-state index >= 15 is 0 Å². The van der Waals surface area contributed by atoms with Gasteiger partial charge in [0.05, 0.1) is 18.4 Å². The smallest absolute Gasteiger partial charge is 0.336 e. The van der Waals surface area contributed by atoms with E-state index in [-0.39, 0.29) is 0 Å². The first-order valence-corrected chi connectivity index (χ1v) is 6.37. The van der Waals surface area contributed by atoms with Gasteiger partial charge in [-0.3, -0.25) is 4.90 Å².